The van der Waals surface area contributed by atoms with Crippen molar-refractivity contribution in [3.05, 3.63) is 60.7 Å². The lowest BCUT2D eigenvalue weighted by atomic mass is 9.78. The Bertz CT molecular complexity index is 904. The van der Waals surface area contributed by atoms with Crippen molar-refractivity contribution in [1.29, 1.82) is 0 Å². The maximum absolute atomic E-state index is 13.1. The van der Waals surface area contributed by atoms with Gasteiger partial charge in [-0.1, -0.05) is 63.1 Å². The zero-order chi connectivity index (χ0) is 24.2. The molecule has 0 aliphatic heterocycles. The van der Waals surface area contributed by atoms with Crippen LogP contribution in [-0.2, 0) is 19.1 Å². The van der Waals surface area contributed by atoms with Crippen LogP contribution in [0.25, 0.3) is 0 Å². The fourth-order valence-corrected chi connectivity index (χ4v) is 3.80. The van der Waals surface area contributed by atoms with Crippen LogP contribution in [0.3, 0.4) is 0 Å². The molecule has 1 saturated carbocycles. The van der Waals surface area contributed by atoms with Gasteiger partial charge in [-0.05, 0) is 37.1 Å². The normalized spacial score (nSPS) is 20.3. The molecule has 0 saturated heterocycles. The van der Waals surface area contributed by atoms with Gasteiger partial charge in [0, 0.05) is 24.3 Å². The van der Waals surface area contributed by atoms with Crippen LogP contribution in [0.15, 0.2) is 70.6 Å². The number of nitrogens with zero attached hydrogens (tertiary/aromatic N) is 2. The second kappa shape index (κ2) is 13.4. The number of ether oxygens (including phenoxy) is 2. The van der Waals surface area contributed by atoms with Gasteiger partial charge in [0.1, 0.15) is 11.8 Å². The topological polar surface area (TPSA) is 77.3 Å². The Balaban J connectivity index is 1.95. The summed E-state index contributed by atoms with van der Waals surface area (Å²) >= 11 is 0. The molecule has 2 unspecified atom stereocenters. The molecule has 2 aromatic rings. The molecule has 2 aromatic carbocycles. The Kier molecular flexibility index (Phi) is 10.0. The lowest BCUT2D eigenvalue weighted by molar-refractivity contribution is -0.148. The summed E-state index contributed by atoms with van der Waals surface area (Å²) in [5, 5.41) is 0. The van der Waals surface area contributed by atoms with Gasteiger partial charge >= 0.3 is 11.9 Å². The van der Waals surface area contributed by atoms with Crippen molar-refractivity contribution < 1.29 is 19.1 Å². The first kappa shape index (κ1) is 25.3. The number of para-hydroxylation sites is 2. The van der Waals surface area contributed by atoms with E-state index in [0.717, 1.165) is 37.1 Å². The van der Waals surface area contributed by atoms with E-state index in [4.69, 9.17) is 19.5 Å². The van der Waals surface area contributed by atoms with Crippen LogP contribution in [0.4, 0.5) is 11.4 Å². The van der Waals surface area contributed by atoms with Crippen LogP contribution in [0.5, 0.6) is 0 Å². The summed E-state index contributed by atoms with van der Waals surface area (Å²) in [5.74, 6) is -1.80. The summed E-state index contributed by atoms with van der Waals surface area (Å²) < 4.78 is 11.1. The molecule has 1 aliphatic carbocycles. The number of benzene rings is 2. The zero-order valence-corrected chi connectivity index (χ0v) is 20.1. The molecule has 1 aliphatic rings. The highest BCUT2D eigenvalue weighted by Crippen LogP contribution is 2.31. The number of rotatable bonds is 10. The number of esters is 2. The minimum Gasteiger partial charge on any atom is -0.465 e. The maximum atomic E-state index is 13.1. The van der Waals surface area contributed by atoms with Crippen molar-refractivity contribution in [2.45, 2.75) is 52.4 Å². The summed E-state index contributed by atoms with van der Waals surface area (Å²) in [6.45, 7) is 4.85. The molecule has 6 heteroatoms. The van der Waals surface area contributed by atoms with Crippen molar-refractivity contribution >= 4 is 34.7 Å². The molecule has 0 bridgehead atoms. The third kappa shape index (κ3) is 7.37. The number of hydrogen-bond donors (Lipinski definition) is 0. The number of carbonyl (C=O) groups is 2. The Labute approximate surface area is 202 Å². The third-order valence-electron chi connectivity index (χ3n) is 5.74. The fraction of sp³-hybridized carbons (Fsp3) is 0.429. The minimum atomic E-state index is -0.584. The predicted octanol–water partition coefficient (Wildman–Crippen LogP) is 6.24. The Morgan fingerprint density at radius 3 is 1.44 bits per heavy atom. The van der Waals surface area contributed by atoms with Crippen molar-refractivity contribution in [2.24, 2.45) is 21.8 Å². The van der Waals surface area contributed by atoms with E-state index in [1.54, 1.807) is 0 Å². The number of unbranched alkanes of at least 4 members (excludes halogenated alkanes) is 2. The van der Waals surface area contributed by atoms with Crippen LogP contribution < -0.4 is 0 Å². The molecule has 1 fully saturated rings. The zero-order valence-electron chi connectivity index (χ0n) is 20.1. The third-order valence-corrected chi connectivity index (χ3v) is 5.74. The van der Waals surface area contributed by atoms with Gasteiger partial charge in [-0.2, -0.15) is 0 Å². The SMILES string of the molecule is CCCCOC(=O)C1CC(=Nc2ccccc2)C(C(=O)OCCCC)CC1=Nc1ccccc1. The van der Waals surface area contributed by atoms with Crippen LogP contribution in [-0.4, -0.2) is 36.6 Å². The summed E-state index contributed by atoms with van der Waals surface area (Å²) in [7, 11) is 0. The molecule has 6 nitrogen and oxygen atoms in total. The predicted molar refractivity (Wildman–Crippen MR) is 135 cm³/mol. The summed E-state index contributed by atoms with van der Waals surface area (Å²) in [6.07, 6.45) is 4.05. The number of carbonyl (C=O) groups excluding carboxylic acids is 2. The molecule has 0 spiro atoms. The van der Waals surface area contributed by atoms with E-state index in [2.05, 4.69) is 13.8 Å². The van der Waals surface area contributed by atoms with Crippen molar-refractivity contribution in [3.8, 4) is 0 Å². The van der Waals surface area contributed by atoms with E-state index in [9.17, 15) is 9.59 Å². The second-order valence-corrected chi connectivity index (χ2v) is 8.43. The average molecular weight is 463 g/mol. The first-order valence-corrected chi connectivity index (χ1v) is 12.2. The summed E-state index contributed by atoms with van der Waals surface area (Å²) in [4.78, 5) is 35.7. The fourth-order valence-electron chi connectivity index (χ4n) is 3.80. The lowest BCUT2D eigenvalue weighted by Crippen LogP contribution is -2.41. The molecule has 180 valence electrons. The Morgan fingerprint density at radius 1 is 0.706 bits per heavy atom. The molecule has 0 N–H and O–H groups in total. The van der Waals surface area contributed by atoms with E-state index >= 15 is 0 Å². The molecule has 34 heavy (non-hydrogen) atoms. The molecular formula is C28H34N2O4. The monoisotopic (exact) mass is 462 g/mol. The van der Waals surface area contributed by atoms with Gasteiger partial charge in [0.2, 0.25) is 0 Å². The van der Waals surface area contributed by atoms with Crippen LogP contribution in [0, 0.1) is 11.8 Å². The Hall–Kier alpha value is -3.28. The van der Waals surface area contributed by atoms with E-state index in [0.29, 0.717) is 24.6 Å². The molecule has 0 radical (unpaired) electrons. The van der Waals surface area contributed by atoms with Gasteiger partial charge in [0.15, 0.2) is 0 Å². The van der Waals surface area contributed by atoms with E-state index < -0.39 is 11.8 Å². The minimum absolute atomic E-state index is 0.277. The number of aliphatic imine (C=N–C) groups is 2. The summed E-state index contributed by atoms with van der Waals surface area (Å²) in [5.41, 5.74) is 2.75. The van der Waals surface area contributed by atoms with E-state index in [1.165, 1.54) is 0 Å². The van der Waals surface area contributed by atoms with Crippen molar-refractivity contribution in [1.82, 2.24) is 0 Å². The van der Waals surface area contributed by atoms with Gasteiger partial charge in [-0.3, -0.25) is 19.6 Å². The van der Waals surface area contributed by atoms with Gasteiger partial charge in [0.25, 0.3) is 0 Å². The average Bonchev–Trinajstić information content (AvgIpc) is 2.86. The van der Waals surface area contributed by atoms with Gasteiger partial charge in [0.05, 0.1) is 24.6 Å². The highest BCUT2D eigenvalue weighted by Gasteiger charge is 2.40. The van der Waals surface area contributed by atoms with E-state index in [1.807, 2.05) is 60.7 Å². The van der Waals surface area contributed by atoms with Crippen molar-refractivity contribution in [2.75, 3.05) is 13.2 Å². The first-order valence-electron chi connectivity index (χ1n) is 12.2. The number of hydrogen-bond acceptors (Lipinski definition) is 6. The van der Waals surface area contributed by atoms with Crippen LogP contribution in [0.2, 0.25) is 0 Å². The maximum Gasteiger partial charge on any atom is 0.315 e. The smallest absolute Gasteiger partial charge is 0.315 e. The molecule has 0 amide bonds. The second-order valence-electron chi connectivity index (χ2n) is 8.43. The molecule has 2 atom stereocenters. The quantitative estimate of drug-likeness (QED) is 0.309. The van der Waals surface area contributed by atoms with Crippen LogP contribution >= 0.6 is 0 Å². The first-order chi connectivity index (χ1) is 16.6. The van der Waals surface area contributed by atoms with Gasteiger partial charge in [-0.25, -0.2) is 0 Å². The largest absolute Gasteiger partial charge is 0.465 e. The van der Waals surface area contributed by atoms with E-state index in [-0.39, 0.29) is 24.8 Å². The van der Waals surface area contributed by atoms with Gasteiger partial charge < -0.3 is 9.47 Å². The highest BCUT2D eigenvalue weighted by atomic mass is 16.5. The Morgan fingerprint density at radius 2 is 1.09 bits per heavy atom. The molecular weight excluding hydrogens is 428 g/mol. The standard InChI is InChI=1S/C28H34N2O4/c1-3-5-17-33-27(31)23-19-26(30-22-15-11-8-12-16-22)24(28(32)34-18-6-4-2)20-25(23)29-21-13-9-7-10-14-21/h7-16,23-24H,3-6,17-20H2,1-2H3. The van der Waals surface area contributed by atoms with Gasteiger partial charge in [-0.15, -0.1) is 0 Å². The highest BCUT2D eigenvalue weighted by molar-refractivity contribution is 6.16. The molecule has 0 heterocycles. The molecule has 0 aromatic heterocycles. The van der Waals surface area contributed by atoms with Crippen molar-refractivity contribution in [3.63, 3.8) is 0 Å². The summed E-state index contributed by atoms with van der Waals surface area (Å²) in [6, 6.07) is 19.0. The van der Waals surface area contributed by atoms with Crippen LogP contribution in [0.1, 0.15) is 52.4 Å². The lowest BCUT2D eigenvalue weighted by Gasteiger charge is -2.29. The molecule has 3 rings (SSSR count).